The monoisotopic (exact) mass is 362 g/mol. The van der Waals surface area contributed by atoms with Crippen LogP contribution in [0.5, 0.6) is 0 Å². The molecule has 4 rings (SSSR count). The summed E-state index contributed by atoms with van der Waals surface area (Å²) in [4.78, 5) is 8.53. The summed E-state index contributed by atoms with van der Waals surface area (Å²) in [6, 6.07) is 1.16. The zero-order chi connectivity index (χ0) is 17.6. The van der Waals surface area contributed by atoms with Crippen LogP contribution in [0.15, 0.2) is 21.7 Å². The number of aryl methyl sites for hydroxylation is 3. The summed E-state index contributed by atoms with van der Waals surface area (Å²) in [5.41, 5.74) is 1.02. The second-order valence-electron chi connectivity index (χ2n) is 6.06. The van der Waals surface area contributed by atoms with E-state index in [1.54, 1.807) is 17.7 Å². The third-order valence-electron chi connectivity index (χ3n) is 4.30. The first-order valence-corrected chi connectivity index (χ1v) is 9.64. The molecule has 0 spiro atoms. The predicted octanol–water partition coefficient (Wildman–Crippen LogP) is 1.50. The molecule has 0 radical (unpaired) electrons. The minimum absolute atomic E-state index is 0.0891. The van der Waals surface area contributed by atoms with Crippen LogP contribution in [-0.4, -0.2) is 33.3 Å². The standard InChI is InChI=1S/C15H18N6O3S/c1-3-12-11-7-10(8-16-15(11)24-19-12)25(22,23)20-13-5-4-6-21-14(13)17-9(2)18-21/h7-8,13,20H,3-6H2,1-2H3. The van der Waals surface area contributed by atoms with Crippen molar-refractivity contribution in [1.29, 1.82) is 0 Å². The van der Waals surface area contributed by atoms with Crippen molar-refractivity contribution >= 4 is 21.1 Å². The summed E-state index contributed by atoms with van der Waals surface area (Å²) in [5.74, 6) is 1.29. The zero-order valence-corrected chi connectivity index (χ0v) is 14.7. The average Bonchev–Trinajstić information content (AvgIpc) is 3.16. The minimum Gasteiger partial charge on any atom is -0.336 e. The van der Waals surface area contributed by atoms with E-state index >= 15 is 0 Å². The van der Waals surface area contributed by atoms with E-state index in [-0.39, 0.29) is 4.90 Å². The number of sulfonamides is 1. The molecule has 0 amide bonds. The maximum Gasteiger partial charge on any atom is 0.258 e. The molecule has 3 aromatic rings. The molecule has 0 aliphatic carbocycles. The largest absolute Gasteiger partial charge is 0.336 e. The van der Waals surface area contributed by atoms with E-state index in [1.807, 2.05) is 6.92 Å². The van der Waals surface area contributed by atoms with Crippen LogP contribution in [0.25, 0.3) is 11.1 Å². The Kier molecular flexibility index (Phi) is 3.80. The number of hydrogen-bond donors (Lipinski definition) is 1. The third-order valence-corrected chi connectivity index (χ3v) is 5.74. The summed E-state index contributed by atoms with van der Waals surface area (Å²) in [6.45, 7) is 4.48. The van der Waals surface area contributed by atoms with Crippen LogP contribution in [0.4, 0.5) is 0 Å². The van der Waals surface area contributed by atoms with Crippen LogP contribution in [-0.2, 0) is 23.0 Å². The molecule has 3 aromatic heterocycles. The number of aromatic nitrogens is 5. The van der Waals surface area contributed by atoms with Gasteiger partial charge >= 0.3 is 0 Å². The first-order valence-electron chi connectivity index (χ1n) is 8.16. The molecule has 1 N–H and O–H groups in total. The van der Waals surface area contributed by atoms with E-state index in [2.05, 4.69) is 24.9 Å². The summed E-state index contributed by atoms with van der Waals surface area (Å²) in [7, 11) is -3.75. The Balaban J connectivity index is 1.68. The van der Waals surface area contributed by atoms with Gasteiger partial charge in [-0.05, 0) is 32.3 Å². The number of nitrogens with one attached hydrogen (secondary N) is 1. The highest BCUT2D eigenvalue weighted by Crippen LogP contribution is 2.26. The highest BCUT2D eigenvalue weighted by molar-refractivity contribution is 7.89. The molecule has 1 atom stereocenters. The number of pyridine rings is 1. The Morgan fingerprint density at radius 3 is 3.08 bits per heavy atom. The molecule has 4 heterocycles. The van der Waals surface area contributed by atoms with Gasteiger partial charge in [-0.25, -0.2) is 27.8 Å². The predicted molar refractivity (Wildman–Crippen MR) is 88.2 cm³/mol. The number of fused-ring (bicyclic) bond motifs is 2. The van der Waals surface area contributed by atoms with Gasteiger partial charge in [-0.2, -0.15) is 5.10 Å². The van der Waals surface area contributed by atoms with Gasteiger partial charge in [0, 0.05) is 6.54 Å². The molecule has 9 nitrogen and oxygen atoms in total. The van der Waals surface area contributed by atoms with E-state index in [9.17, 15) is 8.42 Å². The van der Waals surface area contributed by atoms with E-state index in [0.717, 1.165) is 13.0 Å². The molecule has 0 fully saturated rings. The van der Waals surface area contributed by atoms with Crippen molar-refractivity contribution in [3.63, 3.8) is 0 Å². The lowest BCUT2D eigenvalue weighted by atomic mass is 10.1. The lowest BCUT2D eigenvalue weighted by molar-refractivity contribution is 0.399. The average molecular weight is 362 g/mol. The zero-order valence-electron chi connectivity index (χ0n) is 13.9. The van der Waals surface area contributed by atoms with Gasteiger partial charge in [-0.3, -0.25) is 0 Å². The topological polar surface area (TPSA) is 116 Å². The van der Waals surface area contributed by atoms with Crippen LogP contribution in [0.3, 0.4) is 0 Å². The van der Waals surface area contributed by atoms with Gasteiger partial charge in [0.05, 0.1) is 23.3 Å². The van der Waals surface area contributed by atoms with E-state index in [4.69, 9.17) is 4.52 Å². The van der Waals surface area contributed by atoms with Crippen molar-refractivity contribution in [2.24, 2.45) is 0 Å². The molecule has 0 aromatic carbocycles. The molecule has 0 saturated carbocycles. The highest BCUT2D eigenvalue weighted by Gasteiger charge is 2.29. The van der Waals surface area contributed by atoms with Crippen molar-refractivity contribution in [1.82, 2.24) is 29.6 Å². The molecular formula is C15H18N6O3S. The van der Waals surface area contributed by atoms with Crippen LogP contribution in [0, 0.1) is 6.92 Å². The Morgan fingerprint density at radius 2 is 2.28 bits per heavy atom. The third kappa shape index (κ3) is 2.81. The summed E-state index contributed by atoms with van der Waals surface area (Å²) >= 11 is 0. The normalized spacial score (nSPS) is 17.8. The van der Waals surface area contributed by atoms with Crippen LogP contribution in [0.2, 0.25) is 0 Å². The molecule has 1 aliphatic rings. The number of nitrogens with zero attached hydrogens (tertiary/aromatic N) is 5. The molecule has 1 unspecified atom stereocenters. The molecule has 1 aliphatic heterocycles. The van der Waals surface area contributed by atoms with Gasteiger partial charge in [0.15, 0.2) is 0 Å². The van der Waals surface area contributed by atoms with Crippen molar-refractivity contribution in [3.8, 4) is 0 Å². The van der Waals surface area contributed by atoms with E-state index in [1.165, 1.54) is 6.20 Å². The van der Waals surface area contributed by atoms with Gasteiger partial charge in [0.25, 0.3) is 5.71 Å². The van der Waals surface area contributed by atoms with Gasteiger partial charge in [-0.1, -0.05) is 12.1 Å². The number of hydrogen-bond acceptors (Lipinski definition) is 7. The summed E-state index contributed by atoms with van der Waals surface area (Å²) in [5, 5.41) is 8.83. The maximum atomic E-state index is 12.8. The highest BCUT2D eigenvalue weighted by atomic mass is 32.2. The summed E-state index contributed by atoms with van der Waals surface area (Å²) in [6.07, 6.45) is 3.44. The van der Waals surface area contributed by atoms with Gasteiger partial charge in [0.2, 0.25) is 10.0 Å². The molecular weight excluding hydrogens is 344 g/mol. The second-order valence-corrected chi connectivity index (χ2v) is 7.78. The molecule has 0 saturated heterocycles. The van der Waals surface area contributed by atoms with E-state index in [0.29, 0.717) is 41.3 Å². The Bertz CT molecular complexity index is 1040. The molecule has 0 bridgehead atoms. The van der Waals surface area contributed by atoms with Crippen LogP contribution < -0.4 is 4.72 Å². The molecule has 10 heteroatoms. The van der Waals surface area contributed by atoms with Gasteiger partial charge in [-0.15, -0.1) is 0 Å². The molecule has 25 heavy (non-hydrogen) atoms. The Hall–Kier alpha value is -2.33. The fourth-order valence-electron chi connectivity index (χ4n) is 3.10. The lowest BCUT2D eigenvalue weighted by Crippen LogP contribution is -2.33. The minimum atomic E-state index is -3.75. The van der Waals surface area contributed by atoms with Crippen molar-refractivity contribution < 1.29 is 12.9 Å². The van der Waals surface area contributed by atoms with Gasteiger partial charge < -0.3 is 4.52 Å². The number of rotatable bonds is 4. The van der Waals surface area contributed by atoms with E-state index < -0.39 is 16.1 Å². The fraction of sp³-hybridized carbons (Fsp3) is 0.467. The van der Waals surface area contributed by atoms with Crippen molar-refractivity contribution in [3.05, 3.63) is 29.6 Å². The lowest BCUT2D eigenvalue weighted by Gasteiger charge is -2.22. The van der Waals surface area contributed by atoms with Crippen LogP contribution >= 0.6 is 0 Å². The quantitative estimate of drug-likeness (QED) is 0.747. The SMILES string of the molecule is CCc1noc2ncc(S(=O)(=O)NC3CCCn4nc(C)nc43)cc12. The first-order chi connectivity index (χ1) is 12.0. The van der Waals surface area contributed by atoms with Crippen molar-refractivity contribution in [2.75, 3.05) is 0 Å². The fourth-order valence-corrected chi connectivity index (χ4v) is 4.30. The van der Waals surface area contributed by atoms with Crippen LogP contribution in [0.1, 0.15) is 43.1 Å². The maximum absolute atomic E-state index is 12.8. The smallest absolute Gasteiger partial charge is 0.258 e. The first kappa shape index (κ1) is 16.2. The Morgan fingerprint density at radius 1 is 1.44 bits per heavy atom. The summed E-state index contributed by atoms with van der Waals surface area (Å²) < 4.78 is 35.3. The Labute approximate surface area is 144 Å². The van der Waals surface area contributed by atoms with Gasteiger partial charge in [0.1, 0.15) is 16.5 Å². The van der Waals surface area contributed by atoms with Crippen molar-refractivity contribution in [2.45, 2.75) is 50.6 Å². The second kappa shape index (κ2) is 5.88. The molecule has 132 valence electrons.